The predicted molar refractivity (Wildman–Crippen MR) is 24.0 cm³/mol. The predicted octanol–water partition coefficient (Wildman–Crippen LogP) is 0.732. The topological polar surface area (TPSA) is 21.6 Å². The first-order valence-corrected chi connectivity index (χ1v) is 2.17. The van der Waals surface area contributed by atoms with Crippen LogP contribution in [0.4, 0.5) is 4.39 Å². The first-order chi connectivity index (χ1) is 3.43. The number of oxime groups is 1. The fourth-order valence-corrected chi connectivity index (χ4v) is 0.437. The number of halogens is 1. The Hall–Kier alpha value is -0.600. The molecule has 1 heterocycles. The Kier molecular flexibility index (Phi) is 1.24. The molecule has 40 valence electrons. The van der Waals surface area contributed by atoms with Crippen LogP contribution >= 0.6 is 0 Å². The van der Waals surface area contributed by atoms with Crippen LogP contribution in [0.5, 0.6) is 0 Å². The normalized spacial score (nSPS) is 18.7. The van der Waals surface area contributed by atoms with Gasteiger partial charge in [0.15, 0.2) is 0 Å². The molecule has 0 unspecified atom stereocenters. The summed E-state index contributed by atoms with van der Waals surface area (Å²) in [7, 11) is 0. The van der Waals surface area contributed by atoms with E-state index in [1.54, 1.807) is 0 Å². The number of hydrogen-bond acceptors (Lipinski definition) is 2. The Balaban J connectivity index is 2.36. The van der Waals surface area contributed by atoms with Crippen molar-refractivity contribution in [2.75, 3.05) is 13.3 Å². The minimum absolute atomic E-state index is 0.458. The smallest absolute Gasteiger partial charge is 0.131 e. The molecule has 0 bridgehead atoms. The molecule has 1 rings (SSSR count). The Morgan fingerprint density at radius 2 is 2.71 bits per heavy atom. The van der Waals surface area contributed by atoms with E-state index >= 15 is 0 Å². The second-order valence-electron chi connectivity index (χ2n) is 1.37. The van der Waals surface area contributed by atoms with Crippen LogP contribution < -0.4 is 0 Å². The van der Waals surface area contributed by atoms with Crippen molar-refractivity contribution in [1.29, 1.82) is 0 Å². The van der Waals surface area contributed by atoms with E-state index in [-0.39, 0.29) is 0 Å². The Morgan fingerprint density at radius 1 is 1.86 bits per heavy atom. The van der Waals surface area contributed by atoms with Gasteiger partial charge in [0.25, 0.3) is 0 Å². The lowest BCUT2D eigenvalue weighted by atomic mass is 10.3. The average Bonchev–Trinajstić information content (AvgIpc) is 2.14. The highest BCUT2D eigenvalue weighted by Gasteiger charge is 2.04. The van der Waals surface area contributed by atoms with E-state index in [2.05, 4.69) is 9.99 Å². The van der Waals surface area contributed by atoms with E-state index < -0.39 is 6.67 Å². The number of hydrogen-bond donors (Lipinski definition) is 0. The van der Waals surface area contributed by atoms with Gasteiger partial charge in [0.1, 0.15) is 13.3 Å². The first-order valence-electron chi connectivity index (χ1n) is 2.17. The van der Waals surface area contributed by atoms with Gasteiger partial charge in [0.05, 0.1) is 5.71 Å². The molecular formula is C4H6FNO. The van der Waals surface area contributed by atoms with Crippen molar-refractivity contribution in [2.24, 2.45) is 5.16 Å². The highest BCUT2D eigenvalue weighted by Crippen LogP contribution is 1.98. The molecule has 0 saturated carbocycles. The SMILES string of the molecule is FCC1=NOCC1. The van der Waals surface area contributed by atoms with Crippen LogP contribution in [0.1, 0.15) is 6.42 Å². The zero-order valence-electron chi connectivity index (χ0n) is 3.85. The van der Waals surface area contributed by atoms with Crippen LogP contribution in [0.2, 0.25) is 0 Å². The summed E-state index contributed by atoms with van der Waals surface area (Å²) < 4.78 is 11.5. The molecule has 0 N–H and O–H groups in total. The molecule has 0 saturated heterocycles. The molecule has 0 aromatic rings. The molecule has 0 aliphatic carbocycles. The van der Waals surface area contributed by atoms with E-state index in [1.165, 1.54) is 0 Å². The average molecular weight is 103 g/mol. The molecule has 0 radical (unpaired) electrons. The highest BCUT2D eigenvalue weighted by atomic mass is 19.1. The minimum atomic E-state index is -0.458. The molecular weight excluding hydrogens is 97.0 g/mol. The lowest BCUT2D eigenvalue weighted by Crippen LogP contribution is -1.94. The summed E-state index contributed by atoms with van der Waals surface area (Å²) in [5.41, 5.74) is 0.528. The van der Waals surface area contributed by atoms with Gasteiger partial charge in [-0.05, 0) is 0 Å². The summed E-state index contributed by atoms with van der Waals surface area (Å²) in [5, 5.41) is 3.40. The van der Waals surface area contributed by atoms with Crippen LogP contribution in [0.3, 0.4) is 0 Å². The summed E-state index contributed by atoms with van der Waals surface area (Å²) in [6, 6.07) is 0. The molecule has 2 nitrogen and oxygen atoms in total. The maximum atomic E-state index is 11.5. The van der Waals surface area contributed by atoms with Crippen molar-refractivity contribution in [1.82, 2.24) is 0 Å². The van der Waals surface area contributed by atoms with E-state index in [4.69, 9.17) is 0 Å². The van der Waals surface area contributed by atoms with Gasteiger partial charge in [0.2, 0.25) is 0 Å². The van der Waals surface area contributed by atoms with E-state index in [9.17, 15) is 4.39 Å². The fraction of sp³-hybridized carbons (Fsp3) is 0.750. The van der Waals surface area contributed by atoms with Crippen LogP contribution in [-0.4, -0.2) is 19.0 Å². The molecule has 1 aliphatic heterocycles. The molecule has 0 aromatic carbocycles. The van der Waals surface area contributed by atoms with Gasteiger partial charge in [0, 0.05) is 6.42 Å². The third kappa shape index (κ3) is 0.885. The van der Waals surface area contributed by atoms with Crippen LogP contribution in [0.25, 0.3) is 0 Å². The summed E-state index contributed by atoms with van der Waals surface area (Å²) in [5.74, 6) is 0. The van der Waals surface area contributed by atoms with Crippen LogP contribution in [0, 0.1) is 0 Å². The van der Waals surface area contributed by atoms with Crippen molar-refractivity contribution in [3.05, 3.63) is 0 Å². The van der Waals surface area contributed by atoms with Gasteiger partial charge in [-0.25, -0.2) is 4.39 Å². The monoisotopic (exact) mass is 103 g/mol. The van der Waals surface area contributed by atoms with Crippen molar-refractivity contribution in [3.8, 4) is 0 Å². The van der Waals surface area contributed by atoms with E-state index in [0.29, 0.717) is 18.7 Å². The van der Waals surface area contributed by atoms with Crippen molar-refractivity contribution in [3.63, 3.8) is 0 Å². The van der Waals surface area contributed by atoms with Gasteiger partial charge in [-0.1, -0.05) is 5.16 Å². The zero-order valence-corrected chi connectivity index (χ0v) is 3.85. The van der Waals surface area contributed by atoms with Crippen LogP contribution in [0.15, 0.2) is 5.16 Å². The molecule has 0 fully saturated rings. The molecule has 0 amide bonds. The molecule has 0 atom stereocenters. The van der Waals surface area contributed by atoms with Gasteiger partial charge < -0.3 is 4.84 Å². The Bertz CT molecular complexity index is 91.7. The summed E-state index contributed by atoms with van der Waals surface area (Å²) in [4.78, 5) is 4.50. The Labute approximate surface area is 41.0 Å². The highest BCUT2D eigenvalue weighted by molar-refractivity contribution is 5.85. The van der Waals surface area contributed by atoms with Gasteiger partial charge in [-0.2, -0.15) is 0 Å². The number of nitrogens with zero attached hydrogens (tertiary/aromatic N) is 1. The largest absolute Gasteiger partial charge is 0.395 e. The van der Waals surface area contributed by atoms with Crippen molar-refractivity contribution >= 4 is 5.71 Å². The van der Waals surface area contributed by atoms with Gasteiger partial charge in [-0.15, -0.1) is 0 Å². The number of alkyl halides is 1. The van der Waals surface area contributed by atoms with Crippen molar-refractivity contribution in [2.45, 2.75) is 6.42 Å². The summed E-state index contributed by atoms with van der Waals surface area (Å²) in [6.07, 6.45) is 0.663. The molecule has 3 heteroatoms. The first kappa shape index (κ1) is 4.56. The zero-order chi connectivity index (χ0) is 5.11. The fourth-order valence-electron chi connectivity index (χ4n) is 0.437. The lowest BCUT2D eigenvalue weighted by Gasteiger charge is -1.78. The Morgan fingerprint density at radius 3 is 3.00 bits per heavy atom. The molecule has 7 heavy (non-hydrogen) atoms. The minimum Gasteiger partial charge on any atom is -0.395 e. The summed E-state index contributed by atoms with van der Waals surface area (Å²) >= 11 is 0. The van der Waals surface area contributed by atoms with Gasteiger partial charge in [-0.3, -0.25) is 0 Å². The lowest BCUT2D eigenvalue weighted by molar-refractivity contribution is 0.173. The van der Waals surface area contributed by atoms with Gasteiger partial charge >= 0.3 is 0 Å². The number of rotatable bonds is 1. The second kappa shape index (κ2) is 1.91. The van der Waals surface area contributed by atoms with Crippen molar-refractivity contribution < 1.29 is 9.23 Å². The summed E-state index contributed by atoms with van der Waals surface area (Å²) in [6.45, 7) is 0.0965. The van der Waals surface area contributed by atoms with E-state index in [0.717, 1.165) is 0 Å². The third-order valence-electron chi connectivity index (χ3n) is 0.830. The molecule has 0 aromatic heterocycles. The third-order valence-corrected chi connectivity index (χ3v) is 0.830. The van der Waals surface area contributed by atoms with Crippen LogP contribution in [-0.2, 0) is 4.84 Å². The maximum Gasteiger partial charge on any atom is 0.131 e. The maximum absolute atomic E-state index is 11.5. The standard InChI is InChI=1S/C4H6FNO/c5-3-4-1-2-7-6-4/h1-3H2. The molecule has 0 spiro atoms. The quantitative estimate of drug-likeness (QED) is 0.479. The second-order valence-corrected chi connectivity index (χ2v) is 1.37. The molecule has 1 aliphatic rings. The van der Waals surface area contributed by atoms with E-state index in [1.807, 2.05) is 0 Å².